The van der Waals surface area contributed by atoms with Gasteiger partial charge in [0, 0.05) is 23.1 Å². The summed E-state index contributed by atoms with van der Waals surface area (Å²) in [6, 6.07) is 22.3. The average molecular weight is 456 g/mol. The molecule has 0 saturated carbocycles. The van der Waals surface area contributed by atoms with Gasteiger partial charge in [0.2, 0.25) is 0 Å². The van der Waals surface area contributed by atoms with Gasteiger partial charge in [0.1, 0.15) is 0 Å². The zero-order valence-electron chi connectivity index (χ0n) is 21.1. The first kappa shape index (κ1) is 25.3. The van der Waals surface area contributed by atoms with Crippen LogP contribution in [0.5, 0.6) is 0 Å². The number of anilines is 3. The van der Waals surface area contributed by atoms with Crippen LogP contribution in [0.25, 0.3) is 0 Å². The third-order valence-electron chi connectivity index (χ3n) is 6.46. The molecule has 34 heavy (non-hydrogen) atoms. The molecule has 0 N–H and O–H groups in total. The van der Waals surface area contributed by atoms with E-state index in [4.69, 9.17) is 4.74 Å². The molecule has 0 amide bonds. The molecule has 0 aromatic heterocycles. The average Bonchev–Trinajstić information content (AvgIpc) is 2.83. The Labute approximate surface area is 205 Å². The Kier molecular flexibility index (Phi) is 9.09. The van der Waals surface area contributed by atoms with Crippen LogP contribution in [0.2, 0.25) is 0 Å². The Morgan fingerprint density at radius 3 is 1.79 bits per heavy atom. The van der Waals surface area contributed by atoms with Crippen LogP contribution in [0.1, 0.15) is 53.5 Å². The maximum absolute atomic E-state index is 11.1. The zero-order chi connectivity index (χ0) is 24.5. The third kappa shape index (κ3) is 6.84. The van der Waals surface area contributed by atoms with Crippen molar-refractivity contribution in [3.05, 3.63) is 101 Å². The summed E-state index contributed by atoms with van der Waals surface area (Å²) in [7, 11) is 0. The molecule has 0 aliphatic rings. The summed E-state index contributed by atoms with van der Waals surface area (Å²) in [5.74, 6) is -0.337. The molecule has 3 rings (SSSR count). The zero-order valence-corrected chi connectivity index (χ0v) is 21.1. The van der Waals surface area contributed by atoms with Gasteiger partial charge in [-0.15, -0.1) is 0 Å². The lowest BCUT2D eigenvalue weighted by atomic mass is 10.0. The molecule has 0 aliphatic carbocycles. The van der Waals surface area contributed by atoms with E-state index in [1.165, 1.54) is 51.0 Å². The molecule has 0 heterocycles. The highest BCUT2D eigenvalue weighted by atomic mass is 16.5. The number of hydrogen-bond acceptors (Lipinski definition) is 3. The minimum absolute atomic E-state index is 0.337. The van der Waals surface area contributed by atoms with Crippen molar-refractivity contribution in [2.45, 2.75) is 59.8 Å². The first-order chi connectivity index (χ1) is 16.4. The molecule has 178 valence electrons. The fourth-order valence-electron chi connectivity index (χ4n) is 4.00. The van der Waals surface area contributed by atoms with Crippen molar-refractivity contribution < 1.29 is 9.53 Å². The molecule has 0 unspecified atom stereocenters. The Morgan fingerprint density at radius 1 is 0.735 bits per heavy atom. The molecule has 0 saturated heterocycles. The molecular formula is C31H37NO2. The smallest absolute Gasteiger partial charge is 0.330 e. The van der Waals surface area contributed by atoms with Crippen LogP contribution >= 0.6 is 0 Å². The van der Waals surface area contributed by atoms with E-state index in [0.29, 0.717) is 6.61 Å². The predicted octanol–water partition coefficient (Wildman–Crippen LogP) is 8.22. The summed E-state index contributed by atoms with van der Waals surface area (Å²) >= 11 is 0. The molecule has 0 fully saturated rings. The molecule has 3 aromatic rings. The highest BCUT2D eigenvalue weighted by Gasteiger charge is 2.14. The topological polar surface area (TPSA) is 29.5 Å². The van der Waals surface area contributed by atoms with Crippen molar-refractivity contribution in [3.8, 4) is 0 Å². The number of benzene rings is 3. The Balaban J connectivity index is 1.68. The number of carbonyl (C=O) groups excluding carboxylic acids is 1. The van der Waals surface area contributed by atoms with Crippen molar-refractivity contribution in [1.29, 1.82) is 0 Å². The number of aryl methyl sites for hydroxylation is 5. The predicted molar refractivity (Wildman–Crippen MR) is 143 cm³/mol. The second kappa shape index (κ2) is 12.2. The van der Waals surface area contributed by atoms with E-state index >= 15 is 0 Å². The lowest BCUT2D eigenvalue weighted by molar-refractivity contribution is -0.137. The van der Waals surface area contributed by atoms with Crippen LogP contribution in [0, 0.1) is 27.7 Å². The standard InChI is InChI=1S/C31H37NO2/c1-6-31(33)34-20-10-8-7-9-11-27-14-18-28(19-15-27)32(29-16-12-23(2)25(4)21-29)30-17-13-24(3)26(5)22-30/h6,12-19,21-22H,1,7-11,20H2,2-5H3. The monoisotopic (exact) mass is 455 g/mol. The summed E-state index contributed by atoms with van der Waals surface area (Å²) in [5, 5.41) is 0. The normalized spacial score (nSPS) is 10.7. The van der Waals surface area contributed by atoms with Gasteiger partial charge >= 0.3 is 5.97 Å². The maximum Gasteiger partial charge on any atom is 0.330 e. The van der Waals surface area contributed by atoms with Gasteiger partial charge in [0.25, 0.3) is 0 Å². The minimum Gasteiger partial charge on any atom is -0.463 e. The summed E-state index contributed by atoms with van der Waals surface area (Å²) in [6.45, 7) is 12.5. The number of carbonyl (C=O) groups is 1. The molecule has 3 aromatic carbocycles. The second-order valence-corrected chi connectivity index (χ2v) is 9.07. The molecule has 0 bridgehead atoms. The molecule has 0 spiro atoms. The van der Waals surface area contributed by atoms with Crippen molar-refractivity contribution in [2.24, 2.45) is 0 Å². The van der Waals surface area contributed by atoms with Crippen LogP contribution in [0.15, 0.2) is 73.3 Å². The highest BCUT2D eigenvalue weighted by molar-refractivity contribution is 5.81. The van der Waals surface area contributed by atoms with Gasteiger partial charge in [-0.3, -0.25) is 0 Å². The van der Waals surface area contributed by atoms with Crippen LogP contribution in [-0.4, -0.2) is 12.6 Å². The third-order valence-corrected chi connectivity index (χ3v) is 6.46. The number of unbranched alkanes of at least 4 members (excludes halogenated alkanes) is 3. The summed E-state index contributed by atoms with van der Waals surface area (Å²) in [5.41, 5.74) is 10.1. The Bertz CT molecular complexity index is 1060. The second-order valence-electron chi connectivity index (χ2n) is 9.07. The summed E-state index contributed by atoms with van der Waals surface area (Å²) in [6.07, 6.45) is 6.50. The first-order valence-electron chi connectivity index (χ1n) is 12.2. The fraction of sp³-hybridized carbons (Fsp3) is 0.323. The SMILES string of the molecule is C=CC(=O)OCCCCCCc1ccc(N(c2ccc(C)c(C)c2)c2ccc(C)c(C)c2)cc1. The molecule has 0 aliphatic heterocycles. The molecule has 3 heteroatoms. The quantitative estimate of drug-likeness (QED) is 0.166. The van der Waals surface area contributed by atoms with Gasteiger partial charge in [-0.25, -0.2) is 4.79 Å². The Hall–Kier alpha value is -3.33. The molecule has 0 atom stereocenters. The molecule has 0 radical (unpaired) electrons. The van der Waals surface area contributed by atoms with Crippen molar-refractivity contribution in [2.75, 3.05) is 11.5 Å². The summed E-state index contributed by atoms with van der Waals surface area (Å²) < 4.78 is 5.03. The number of rotatable bonds is 11. The number of nitrogens with zero attached hydrogens (tertiary/aromatic N) is 1. The van der Waals surface area contributed by atoms with Gasteiger partial charge in [-0.1, -0.05) is 43.7 Å². The Morgan fingerprint density at radius 2 is 1.26 bits per heavy atom. The van der Waals surface area contributed by atoms with E-state index in [1.54, 1.807) is 0 Å². The van der Waals surface area contributed by atoms with Gasteiger partial charge < -0.3 is 9.64 Å². The van der Waals surface area contributed by atoms with Crippen LogP contribution in [-0.2, 0) is 16.0 Å². The van der Waals surface area contributed by atoms with Gasteiger partial charge in [-0.2, -0.15) is 0 Å². The maximum atomic E-state index is 11.1. The minimum atomic E-state index is -0.337. The van der Waals surface area contributed by atoms with Crippen LogP contribution in [0.4, 0.5) is 17.1 Å². The van der Waals surface area contributed by atoms with Gasteiger partial charge in [-0.05, 0) is 111 Å². The number of ether oxygens (including phenoxy) is 1. The molecule has 3 nitrogen and oxygen atoms in total. The van der Waals surface area contributed by atoms with E-state index in [9.17, 15) is 4.79 Å². The fourth-order valence-corrected chi connectivity index (χ4v) is 4.00. The van der Waals surface area contributed by atoms with Crippen molar-refractivity contribution in [1.82, 2.24) is 0 Å². The van der Waals surface area contributed by atoms with Gasteiger partial charge in [0.05, 0.1) is 6.61 Å². The van der Waals surface area contributed by atoms with Crippen molar-refractivity contribution in [3.63, 3.8) is 0 Å². The highest BCUT2D eigenvalue weighted by Crippen LogP contribution is 2.36. The van der Waals surface area contributed by atoms with Crippen LogP contribution in [0.3, 0.4) is 0 Å². The van der Waals surface area contributed by atoms with E-state index in [0.717, 1.165) is 32.1 Å². The summed E-state index contributed by atoms with van der Waals surface area (Å²) in [4.78, 5) is 13.4. The lowest BCUT2D eigenvalue weighted by Gasteiger charge is -2.27. The van der Waals surface area contributed by atoms with Gasteiger partial charge in [0.15, 0.2) is 0 Å². The van der Waals surface area contributed by atoms with Crippen molar-refractivity contribution >= 4 is 23.0 Å². The van der Waals surface area contributed by atoms with Crippen LogP contribution < -0.4 is 4.90 Å². The number of hydrogen-bond donors (Lipinski definition) is 0. The van der Waals surface area contributed by atoms with E-state index in [-0.39, 0.29) is 5.97 Å². The largest absolute Gasteiger partial charge is 0.463 e. The van der Waals surface area contributed by atoms with E-state index < -0.39 is 0 Å². The lowest BCUT2D eigenvalue weighted by Crippen LogP contribution is -2.11. The van der Waals surface area contributed by atoms with E-state index in [1.807, 2.05) is 0 Å². The number of esters is 1. The molecular weight excluding hydrogens is 418 g/mol. The van der Waals surface area contributed by atoms with E-state index in [2.05, 4.69) is 99.8 Å². The first-order valence-corrected chi connectivity index (χ1v) is 12.2.